The highest BCUT2D eigenvalue weighted by Crippen LogP contribution is 2.07. The van der Waals surface area contributed by atoms with E-state index in [4.69, 9.17) is 5.53 Å². The second-order valence-corrected chi connectivity index (χ2v) is 2.58. The fourth-order valence-corrected chi connectivity index (χ4v) is 1.03. The van der Waals surface area contributed by atoms with E-state index in [1.807, 2.05) is 0 Å². The maximum absolute atomic E-state index is 11.1. The molecule has 0 spiro atoms. The maximum atomic E-state index is 11.1. The van der Waals surface area contributed by atoms with Gasteiger partial charge in [-0.2, -0.15) is 0 Å². The molecule has 0 aromatic heterocycles. The van der Waals surface area contributed by atoms with Crippen molar-refractivity contribution in [1.29, 1.82) is 0 Å². The molecule has 0 aliphatic rings. The monoisotopic (exact) mass is 191 g/mol. The summed E-state index contributed by atoms with van der Waals surface area (Å²) < 4.78 is 4.55. The SMILES string of the molecule is COC(=O)c1cccc(CN=[N+]=[N-])c1. The van der Waals surface area contributed by atoms with E-state index < -0.39 is 5.97 Å². The number of nitrogens with zero attached hydrogens (tertiary/aromatic N) is 3. The number of ether oxygens (including phenoxy) is 1. The van der Waals surface area contributed by atoms with Gasteiger partial charge in [0.15, 0.2) is 0 Å². The predicted molar refractivity (Wildman–Crippen MR) is 50.6 cm³/mol. The van der Waals surface area contributed by atoms with E-state index in [-0.39, 0.29) is 6.54 Å². The number of rotatable bonds is 3. The molecular weight excluding hydrogens is 182 g/mol. The van der Waals surface area contributed by atoms with Gasteiger partial charge in [-0.05, 0) is 23.2 Å². The molecule has 0 N–H and O–H groups in total. The summed E-state index contributed by atoms with van der Waals surface area (Å²) in [5, 5.41) is 3.40. The van der Waals surface area contributed by atoms with Crippen LogP contribution in [0, 0.1) is 0 Å². The molecule has 0 radical (unpaired) electrons. The van der Waals surface area contributed by atoms with Crippen LogP contribution in [0.3, 0.4) is 0 Å². The van der Waals surface area contributed by atoms with Crippen LogP contribution in [0.1, 0.15) is 15.9 Å². The van der Waals surface area contributed by atoms with Crippen molar-refractivity contribution in [3.8, 4) is 0 Å². The van der Waals surface area contributed by atoms with Crippen LogP contribution in [0.4, 0.5) is 0 Å². The zero-order valence-corrected chi connectivity index (χ0v) is 7.67. The molecule has 0 atom stereocenters. The third-order valence-electron chi connectivity index (χ3n) is 1.66. The Hall–Kier alpha value is -2.00. The molecule has 5 nitrogen and oxygen atoms in total. The highest BCUT2D eigenvalue weighted by molar-refractivity contribution is 5.89. The van der Waals surface area contributed by atoms with Crippen LogP contribution >= 0.6 is 0 Å². The molecule has 0 saturated heterocycles. The Morgan fingerprint density at radius 3 is 3.07 bits per heavy atom. The summed E-state index contributed by atoms with van der Waals surface area (Å²) >= 11 is 0. The van der Waals surface area contributed by atoms with Gasteiger partial charge < -0.3 is 4.74 Å². The van der Waals surface area contributed by atoms with Crippen LogP contribution in [0.5, 0.6) is 0 Å². The summed E-state index contributed by atoms with van der Waals surface area (Å²) in [6.07, 6.45) is 0. The average Bonchev–Trinajstić information content (AvgIpc) is 2.25. The van der Waals surface area contributed by atoms with Crippen LogP contribution < -0.4 is 0 Å². The van der Waals surface area contributed by atoms with Gasteiger partial charge in [0.2, 0.25) is 0 Å². The molecular formula is C9H9N3O2. The number of azide groups is 1. The fourth-order valence-electron chi connectivity index (χ4n) is 1.03. The normalized spacial score (nSPS) is 8.93. The van der Waals surface area contributed by atoms with Crippen molar-refractivity contribution in [3.63, 3.8) is 0 Å². The lowest BCUT2D eigenvalue weighted by Crippen LogP contribution is -2.01. The van der Waals surface area contributed by atoms with Crippen molar-refractivity contribution in [3.05, 3.63) is 45.8 Å². The van der Waals surface area contributed by atoms with E-state index in [1.165, 1.54) is 7.11 Å². The topological polar surface area (TPSA) is 75.1 Å². The highest BCUT2D eigenvalue weighted by Gasteiger charge is 2.04. The van der Waals surface area contributed by atoms with Crippen LogP contribution in [-0.2, 0) is 11.3 Å². The molecule has 1 rings (SSSR count). The van der Waals surface area contributed by atoms with Crippen molar-refractivity contribution in [2.75, 3.05) is 7.11 Å². The van der Waals surface area contributed by atoms with Crippen molar-refractivity contribution in [1.82, 2.24) is 0 Å². The lowest BCUT2D eigenvalue weighted by atomic mass is 10.1. The lowest BCUT2D eigenvalue weighted by Gasteiger charge is -2.00. The molecule has 0 heterocycles. The van der Waals surface area contributed by atoms with Gasteiger partial charge in [0.05, 0.1) is 19.2 Å². The summed E-state index contributed by atoms with van der Waals surface area (Å²) in [5.41, 5.74) is 9.36. The summed E-state index contributed by atoms with van der Waals surface area (Å²) in [5.74, 6) is -0.396. The number of esters is 1. The van der Waals surface area contributed by atoms with Gasteiger partial charge in [0.1, 0.15) is 0 Å². The first kappa shape index (κ1) is 10.1. The molecule has 1 aromatic carbocycles. The number of hydrogen-bond donors (Lipinski definition) is 0. The van der Waals surface area contributed by atoms with Crippen molar-refractivity contribution < 1.29 is 9.53 Å². The van der Waals surface area contributed by atoms with Crippen LogP contribution in [0.25, 0.3) is 10.4 Å². The van der Waals surface area contributed by atoms with E-state index in [2.05, 4.69) is 14.8 Å². The standard InChI is InChI=1S/C9H9N3O2/c1-14-9(13)8-4-2-3-7(5-8)6-11-12-10/h2-5H,6H2,1H3. The Kier molecular flexibility index (Phi) is 3.52. The largest absolute Gasteiger partial charge is 0.465 e. The van der Waals surface area contributed by atoms with Crippen molar-refractivity contribution >= 4 is 5.97 Å². The Balaban J connectivity index is 2.88. The number of carbonyl (C=O) groups is 1. The number of hydrogen-bond acceptors (Lipinski definition) is 3. The zero-order chi connectivity index (χ0) is 10.4. The summed E-state index contributed by atoms with van der Waals surface area (Å²) in [6.45, 7) is 0.237. The summed E-state index contributed by atoms with van der Waals surface area (Å²) in [7, 11) is 1.32. The second-order valence-electron chi connectivity index (χ2n) is 2.58. The molecule has 0 fully saturated rings. The van der Waals surface area contributed by atoms with Gasteiger partial charge >= 0.3 is 5.97 Å². The van der Waals surface area contributed by atoms with Crippen molar-refractivity contribution in [2.24, 2.45) is 5.11 Å². The Labute approximate surface area is 80.9 Å². The zero-order valence-electron chi connectivity index (χ0n) is 7.67. The summed E-state index contributed by atoms with van der Waals surface area (Å²) in [6, 6.07) is 6.78. The molecule has 0 aliphatic carbocycles. The molecule has 72 valence electrons. The van der Waals surface area contributed by atoms with Gasteiger partial charge in [-0.15, -0.1) is 0 Å². The van der Waals surface area contributed by atoms with Crippen molar-refractivity contribution in [2.45, 2.75) is 6.54 Å². The number of methoxy groups -OCH3 is 1. The third-order valence-corrected chi connectivity index (χ3v) is 1.66. The molecule has 5 heteroatoms. The number of carbonyl (C=O) groups excluding carboxylic acids is 1. The van der Waals surface area contributed by atoms with Crippen LogP contribution in [0.15, 0.2) is 29.4 Å². The first-order valence-electron chi connectivity index (χ1n) is 3.96. The second kappa shape index (κ2) is 4.89. The smallest absolute Gasteiger partial charge is 0.337 e. The average molecular weight is 191 g/mol. The Morgan fingerprint density at radius 1 is 1.64 bits per heavy atom. The first-order chi connectivity index (χ1) is 6.77. The van der Waals surface area contributed by atoms with Gasteiger partial charge in [0, 0.05) is 4.91 Å². The van der Waals surface area contributed by atoms with Crippen LogP contribution in [0.2, 0.25) is 0 Å². The molecule has 0 bridgehead atoms. The van der Waals surface area contributed by atoms with E-state index in [0.29, 0.717) is 5.56 Å². The van der Waals surface area contributed by atoms with Crippen LogP contribution in [-0.4, -0.2) is 13.1 Å². The minimum absolute atomic E-state index is 0.237. The summed E-state index contributed by atoms with van der Waals surface area (Å²) in [4.78, 5) is 13.7. The van der Waals surface area contributed by atoms with E-state index in [0.717, 1.165) is 5.56 Å². The molecule has 14 heavy (non-hydrogen) atoms. The quantitative estimate of drug-likeness (QED) is 0.318. The minimum Gasteiger partial charge on any atom is -0.465 e. The van der Waals surface area contributed by atoms with E-state index >= 15 is 0 Å². The van der Waals surface area contributed by atoms with Gasteiger partial charge in [-0.25, -0.2) is 4.79 Å². The molecule has 1 aromatic rings. The fraction of sp³-hybridized carbons (Fsp3) is 0.222. The van der Waals surface area contributed by atoms with E-state index in [9.17, 15) is 4.79 Å². The van der Waals surface area contributed by atoms with Gasteiger partial charge in [-0.3, -0.25) is 0 Å². The molecule has 0 amide bonds. The highest BCUT2D eigenvalue weighted by atomic mass is 16.5. The van der Waals surface area contributed by atoms with E-state index in [1.54, 1.807) is 24.3 Å². The third kappa shape index (κ3) is 2.50. The van der Waals surface area contributed by atoms with Gasteiger partial charge in [0.25, 0.3) is 0 Å². The Morgan fingerprint density at radius 2 is 2.43 bits per heavy atom. The maximum Gasteiger partial charge on any atom is 0.337 e. The first-order valence-corrected chi connectivity index (χ1v) is 3.96. The molecule has 0 aliphatic heterocycles. The van der Waals surface area contributed by atoms with Gasteiger partial charge in [-0.1, -0.05) is 17.2 Å². The predicted octanol–water partition coefficient (Wildman–Crippen LogP) is 2.28. The lowest BCUT2D eigenvalue weighted by molar-refractivity contribution is 0.0600. The molecule has 0 unspecified atom stereocenters. The number of benzene rings is 1. The molecule has 0 saturated carbocycles. The Bertz CT molecular complexity index is 383. The minimum atomic E-state index is -0.396.